The molecule has 102 valence electrons. The van der Waals surface area contributed by atoms with Gasteiger partial charge in [0.1, 0.15) is 0 Å². The highest BCUT2D eigenvalue weighted by Gasteiger charge is 2.38. The van der Waals surface area contributed by atoms with E-state index in [1.807, 2.05) is 0 Å². The second-order valence-corrected chi connectivity index (χ2v) is 4.75. The summed E-state index contributed by atoms with van der Waals surface area (Å²) in [6.07, 6.45) is -3.86. The van der Waals surface area contributed by atoms with Crippen LogP contribution in [0.5, 0.6) is 0 Å². The molecule has 0 saturated carbocycles. The monoisotopic (exact) mass is 270 g/mol. The molecule has 0 fully saturated rings. The highest BCUT2D eigenvalue weighted by Crippen LogP contribution is 2.36. The molecule has 0 bridgehead atoms. The van der Waals surface area contributed by atoms with Gasteiger partial charge in [0.05, 0.1) is 5.69 Å². The van der Waals surface area contributed by atoms with Gasteiger partial charge in [0.2, 0.25) is 0 Å². The SMILES string of the molecule is Cc1nn(C)c2nc(C(F)(F)F)c3c(c12)CCNC3. The molecule has 3 heterocycles. The van der Waals surface area contributed by atoms with Crippen molar-refractivity contribution in [2.24, 2.45) is 7.05 Å². The minimum Gasteiger partial charge on any atom is -0.312 e. The second kappa shape index (κ2) is 3.93. The van der Waals surface area contributed by atoms with Crippen LogP contribution in [0, 0.1) is 6.92 Å². The number of alkyl halides is 3. The molecule has 0 atom stereocenters. The van der Waals surface area contributed by atoms with Crippen LogP contribution in [0.2, 0.25) is 0 Å². The summed E-state index contributed by atoms with van der Waals surface area (Å²) >= 11 is 0. The van der Waals surface area contributed by atoms with Crippen LogP contribution in [0.4, 0.5) is 13.2 Å². The van der Waals surface area contributed by atoms with Crippen molar-refractivity contribution in [1.82, 2.24) is 20.1 Å². The number of hydrogen-bond acceptors (Lipinski definition) is 3. The molecule has 0 unspecified atom stereocenters. The normalized spacial score (nSPS) is 15.8. The Morgan fingerprint density at radius 1 is 1.26 bits per heavy atom. The second-order valence-electron chi connectivity index (χ2n) is 4.75. The van der Waals surface area contributed by atoms with Gasteiger partial charge in [0, 0.05) is 24.5 Å². The Morgan fingerprint density at radius 3 is 2.68 bits per heavy atom. The zero-order valence-electron chi connectivity index (χ0n) is 10.6. The van der Waals surface area contributed by atoms with Crippen LogP contribution in [0.3, 0.4) is 0 Å². The third-order valence-electron chi connectivity index (χ3n) is 3.48. The van der Waals surface area contributed by atoms with Crippen LogP contribution < -0.4 is 5.32 Å². The number of fused-ring (bicyclic) bond motifs is 3. The fraction of sp³-hybridized carbons (Fsp3) is 0.500. The van der Waals surface area contributed by atoms with Crippen LogP contribution in [0.15, 0.2) is 0 Å². The largest absolute Gasteiger partial charge is 0.433 e. The topological polar surface area (TPSA) is 42.7 Å². The van der Waals surface area contributed by atoms with Crippen molar-refractivity contribution in [3.8, 4) is 0 Å². The standard InChI is InChI=1S/C12H13F3N4/c1-6-9-7-3-4-16-5-8(7)10(12(13,14)15)17-11(9)19(2)18-6/h16H,3-5H2,1-2H3. The number of hydrogen-bond donors (Lipinski definition) is 1. The van der Waals surface area contributed by atoms with Crippen molar-refractivity contribution in [2.45, 2.75) is 26.1 Å². The third-order valence-corrected chi connectivity index (χ3v) is 3.48. The number of pyridine rings is 1. The molecule has 0 aliphatic carbocycles. The lowest BCUT2D eigenvalue weighted by atomic mass is 9.96. The number of nitrogens with zero attached hydrogens (tertiary/aromatic N) is 3. The molecule has 0 spiro atoms. The molecule has 2 aromatic rings. The number of nitrogens with one attached hydrogen (secondary N) is 1. The molecular weight excluding hydrogens is 257 g/mol. The summed E-state index contributed by atoms with van der Waals surface area (Å²) in [5, 5.41) is 7.94. The molecule has 7 heteroatoms. The van der Waals surface area contributed by atoms with E-state index in [1.165, 1.54) is 4.68 Å². The van der Waals surface area contributed by atoms with Crippen molar-refractivity contribution >= 4 is 11.0 Å². The summed E-state index contributed by atoms with van der Waals surface area (Å²) in [6, 6.07) is 0. The maximum Gasteiger partial charge on any atom is 0.433 e. The Hall–Kier alpha value is -1.63. The number of halogens is 3. The van der Waals surface area contributed by atoms with Crippen molar-refractivity contribution in [3.63, 3.8) is 0 Å². The number of aryl methyl sites for hydroxylation is 2. The summed E-state index contributed by atoms with van der Waals surface area (Å²) in [5.41, 5.74) is 1.26. The fourth-order valence-electron chi connectivity index (χ4n) is 2.72. The fourth-order valence-corrected chi connectivity index (χ4v) is 2.72. The lowest BCUT2D eigenvalue weighted by Crippen LogP contribution is -2.28. The van der Waals surface area contributed by atoms with Gasteiger partial charge in [-0.15, -0.1) is 0 Å². The van der Waals surface area contributed by atoms with Gasteiger partial charge in [0.25, 0.3) is 0 Å². The van der Waals surface area contributed by atoms with Crippen LogP contribution in [0.25, 0.3) is 11.0 Å². The van der Waals surface area contributed by atoms with Crippen LogP contribution in [-0.4, -0.2) is 21.3 Å². The average Bonchev–Trinajstić information content (AvgIpc) is 2.63. The van der Waals surface area contributed by atoms with Crippen molar-refractivity contribution in [3.05, 3.63) is 22.5 Å². The Kier molecular flexibility index (Phi) is 2.57. The minimum atomic E-state index is -4.44. The molecule has 1 N–H and O–H groups in total. The average molecular weight is 270 g/mol. The van der Waals surface area contributed by atoms with E-state index in [0.717, 1.165) is 16.6 Å². The minimum absolute atomic E-state index is 0.210. The molecule has 3 rings (SSSR count). The van der Waals surface area contributed by atoms with Gasteiger partial charge in [-0.1, -0.05) is 0 Å². The molecule has 1 aliphatic rings. The Labute approximate surface area is 107 Å². The lowest BCUT2D eigenvalue weighted by molar-refractivity contribution is -0.141. The van der Waals surface area contributed by atoms with Gasteiger partial charge in [0.15, 0.2) is 11.3 Å². The molecule has 0 radical (unpaired) electrons. The molecule has 4 nitrogen and oxygen atoms in total. The molecule has 19 heavy (non-hydrogen) atoms. The van der Waals surface area contributed by atoms with E-state index in [4.69, 9.17) is 0 Å². The van der Waals surface area contributed by atoms with Gasteiger partial charge < -0.3 is 5.32 Å². The zero-order chi connectivity index (χ0) is 13.8. The maximum atomic E-state index is 13.1. The Bertz CT molecular complexity index is 657. The first-order valence-corrected chi connectivity index (χ1v) is 6.02. The van der Waals surface area contributed by atoms with E-state index in [9.17, 15) is 13.2 Å². The molecular formula is C12H13F3N4. The summed E-state index contributed by atoms with van der Waals surface area (Å²) in [6.45, 7) is 2.69. The van der Waals surface area contributed by atoms with Gasteiger partial charge in [-0.25, -0.2) is 4.98 Å². The van der Waals surface area contributed by atoms with Crippen molar-refractivity contribution in [1.29, 1.82) is 0 Å². The van der Waals surface area contributed by atoms with Crippen molar-refractivity contribution in [2.75, 3.05) is 6.54 Å². The summed E-state index contributed by atoms with van der Waals surface area (Å²) in [5.74, 6) is 0. The van der Waals surface area contributed by atoms with Crippen LogP contribution >= 0.6 is 0 Å². The van der Waals surface area contributed by atoms with Crippen LogP contribution in [-0.2, 0) is 26.2 Å². The highest BCUT2D eigenvalue weighted by atomic mass is 19.4. The first kappa shape index (κ1) is 12.4. The molecule has 2 aromatic heterocycles. The summed E-state index contributed by atoms with van der Waals surface area (Å²) in [4.78, 5) is 3.82. The van der Waals surface area contributed by atoms with E-state index in [-0.39, 0.29) is 12.1 Å². The van der Waals surface area contributed by atoms with E-state index < -0.39 is 11.9 Å². The maximum absolute atomic E-state index is 13.1. The molecule has 1 aliphatic heterocycles. The summed E-state index contributed by atoms with van der Waals surface area (Å²) < 4.78 is 40.8. The van der Waals surface area contributed by atoms with E-state index in [1.54, 1.807) is 14.0 Å². The predicted octanol–water partition coefficient (Wildman–Crippen LogP) is 1.94. The van der Waals surface area contributed by atoms with Crippen molar-refractivity contribution < 1.29 is 13.2 Å². The zero-order valence-corrected chi connectivity index (χ0v) is 10.6. The Balaban J connectivity index is 2.43. The van der Waals surface area contributed by atoms with Gasteiger partial charge >= 0.3 is 6.18 Å². The summed E-state index contributed by atoms with van der Waals surface area (Å²) in [7, 11) is 1.62. The quantitative estimate of drug-likeness (QED) is 0.795. The van der Waals surface area contributed by atoms with Gasteiger partial charge in [-0.3, -0.25) is 4.68 Å². The number of aromatic nitrogens is 3. The Morgan fingerprint density at radius 2 is 2.00 bits per heavy atom. The smallest absolute Gasteiger partial charge is 0.312 e. The van der Waals surface area contributed by atoms with E-state index in [2.05, 4.69) is 15.4 Å². The van der Waals surface area contributed by atoms with E-state index in [0.29, 0.717) is 18.6 Å². The molecule has 0 saturated heterocycles. The number of rotatable bonds is 0. The third kappa shape index (κ3) is 1.80. The van der Waals surface area contributed by atoms with Gasteiger partial charge in [-0.2, -0.15) is 18.3 Å². The molecule has 0 amide bonds. The highest BCUT2D eigenvalue weighted by molar-refractivity contribution is 5.84. The first-order valence-electron chi connectivity index (χ1n) is 6.02. The lowest BCUT2D eigenvalue weighted by Gasteiger charge is -2.22. The molecule has 0 aromatic carbocycles. The van der Waals surface area contributed by atoms with Gasteiger partial charge in [-0.05, 0) is 25.5 Å². The van der Waals surface area contributed by atoms with Crippen LogP contribution in [0.1, 0.15) is 22.5 Å². The first-order chi connectivity index (χ1) is 8.89. The van der Waals surface area contributed by atoms with E-state index >= 15 is 0 Å². The predicted molar refractivity (Wildman–Crippen MR) is 63.7 cm³/mol.